The van der Waals surface area contributed by atoms with Crippen LogP contribution in [-0.2, 0) is 14.3 Å². The molecule has 14 heteroatoms. The Morgan fingerprint density at radius 2 is 2.07 bits per heavy atom. The van der Waals surface area contributed by atoms with Gasteiger partial charge in [0.05, 0.1) is 30.2 Å². The molecule has 0 amide bonds. The molecule has 2 saturated heterocycles. The second-order valence-corrected chi connectivity index (χ2v) is 12.9. The number of carboxylic acids is 1. The number of ether oxygens (including phenoxy) is 1. The number of rotatable bonds is 10. The Morgan fingerprint density at radius 1 is 1.30 bits per heavy atom. The first-order valence-electron chi connectivity index (χ1n) is 14.0. The SMILES string of the molecule is CCOC(=O)C1=C(CN2CC(F)(F)C3C2CCN3CCC(C)(C)C(=O)O)NC(c2nccs2)=NC1c1ccc(F)cc1Cl. The highest BCUT2D eigenvalue weighted by molar-refractivity contribution is 7.11. The van der Waals surface area contributed by atoms with Gasteiger partial charge in [0.15, 0.2) is 10.8 Å². The molecule has 0 aliphatic carbocycles. The summed E-state index contributed by atoms with van der Waals surface area (Å²) in [5.74, 6) is -4.96. The predicted octanol–water partition coefficient (Wildman–Crippen LogP) is 4.74. The van der Waals surface area contributed by atoms with E-state index >= 15 is 8.78 Å². The number of carboxylic acid groups (broad SMARTS) is 1. The van der Waals surface area contributed by atoms with Crippen molar-refractivity contribution in [2.75, 3.05) is 32.8 Å². The van der Waals surface area contributed by atoms with Gasteiger partial charge in [-0.3, -0.25) is 19.6 Å². The van der Waals surface area contributed by atoms with Gasteiger partial charge in [-0.15, -0.1) is 11.3 Å². The lowest BCUT2D eigenvalue weighted by molar-refractivity contribution is -0.147. The van der Waals surface area contributed by atoms with E-state index in [1.165, 1.54) is 23.5 Å². The third kappa shape index (κ3) is 6.31. The number of thiazole rings is 1. The molecule has 0 bridgehead atoms. The van der Waals surface area contributed by atoms with Crippen molar-refractivity contribution in [3.05, 3.63) is 62.5 Å². The Labute approximate surface area is 256 Å². The number of nitrogens with zero attached hydrogens (tertiary/aromatic N) is 4. The molecule has 1 aromatic heterocycles. The van der Waals surface area contributed by atoms with E-state index in [1.54, 1.807) is 42.1 Å². The van der Waals surface area contributed by atoms with Crippen LogP contribution in [0.1, 0.15) is 50.2 Å². The van der Waals surface area contributed by atoms with Gasteiger partial charge in [-0.25, -0.2) is 22.9 Å². The normalized spacial score (nSPS) is 24.1. The predicted molar refractivity (Wildman–Crippen MR) is 156 cm³/mol. The molecular weight excluding hydrogens is 607 g/mol. The molecule has 9 nitrogen and oxygen atoms in total. The minimum absolute atomic E-state index is 0.0426. The third-order valence-corrected chi connectivity index (χ3v) is 9.37. The first-order valence-corrected chi connectivity index (χ1v) is 15.3. The zero-order valence-corrected chi connectivity index (χ0v) is 25.5. The number of likely N-dealkylation sites (tertiary alicyclic amines) is 2. The van der Waals surface area contributed by atoms with Crippen LogP contribution in [0.2, 0.25) is 5.02 Å². The number of hydrogen-bond acceptors (Lipinski definition) is 9. The summed E-state index contributed by atoms with van der Waals surface area (Å²) in [6.45, 7) is 4.93. The van der Waals surface area contributed by atoms with E-state index < -0.39 is 53.8 Å². The number of benzene rings is 1. The van der Waals surface area contributed by atoms with Gasteiger partial charge in [0.1, 0.15) is 11.9 Å². The zero-order valence-electron chi connectivity index (χ0n) is 23.9. The van der Waals surface area contributed by atoms with Gasteiger partial charge in [-0.05, 0) is 52.3 Å². The highest BCUT2D eigenvalue weighted by Crippen LogP contribution is 2.43. The summed E-state index contributed by atoms with van der Waals surface area (Å²) in [4.78, 5) is 37.4. The minimum Gasteiger partial charge on any atom is -0.481 e. The van der Waals surface area contributed by atoms with E-state index in [0.29, 0.717) is 35.1 Å². The van der Waals surface area contributed by atoms with Gasteiger partial charge in [-0.2, -0.15) is 0 Å². The molecular formula is C29H33ClF3N5O4S. The Morgan fingerprint density at radius 3 is 2.72 bits per heavy atom. The van der Waals surface area contributed by atoms with Crippen molar-refractivity contribution in [1.29, 1.82) is 0 Å². The van der Waals surface area contributed by atoms with E-state index in [-0.39, 0.29) is 36.7 Å². The second-order valence-electron chi connectivity index (χ2n) is 11.6. The number of hydrogen-bond donors (Lipinski definition) is 2. The maximum Gasteiger partial charge on any atom is 0.338 e. The van der Waals surface area contributed by atoms with E-state index in [1.807, 2.05) is 0 Å². The van der Waals surface area contributed by atoms with Crippen LogP contribution in [0.5, 0.6) is 0 Å². The summed E-state index contributed by atoms with van der Waals surface area (Å²) in [6, 6.07) is 1.16. The number of carbonyl (C=O) groups excluding carboxylic acids is 1. The number of halogens is 4. The molecule has 1 aromatic carbocycles. The lowest BCUT2D eigenvalue weighted by atomic mass is 9.89. The van der Waals surface area contributed by atoms with Crippen LogP contribution >= 0.6 is 22.9 Å². The van der Waals surface area contributed by atoms with Gasteiger partial charge in [0, 0.05) is 47.0 Å². The summed E-state index contributed by atoms with van der Waals surface area (Å²) < 4.78 is 50.6. The number of aliphatic carboxylic acids is 1. The molecule has 232 valence electrons. The number of aromatic nitrogens is 1. The van der Waals surface area contributed by atoms with Crippen LogP contribution in [0, 0.1) is 11.2 Å². The zero-order chi connectivity index (χ0) is 31.1. The molecule has 0 radical (unpaired) electrons. The number of esters is 1. The van der Waals surface area contributed by atoms with Crippen molar-refractivity contribution in [3.63, 3.8) is 0 Å². The molecule has 3 atom stereocenters. The molecule has 0 spiro atoms. The van der Waals surface area contributed by atoms with Gasteiger partial charge in [-0.1, -0.05) is 17.7 Å². The average Bonchev–Trinajstić information content (AvgIpc) is 3.66. The van der Waals surface area contributed by atoms with Crippen molar-refractivity contribution in [3.8, 4) is 0 Å². The molecule has 4 heterocycles. The molecule has 3 aliphatic rings. The quantitative estimate of drug-likeness (QED) is 0.359. The van der Waals surface area contributed by atoms with Crippen LogP contribution in [0.3, 0.4) is 0 Å². The minimum atomic E-state index is -3.07. The molecule has 2 aromatic rings. The van der Waals surface area contributed by atoms with E-state index in [2.05, 4.69) is 10.3 Å². The number of nitrogens with one attached hydrogen (secondary N) is 1. The van der Waals surface area contributed by atoms with Crippen LogP contribution in [0.25, 0.3) is 0 Å². The Kier molecular flexibility index (Phi) is 8.90. The van der Waals surface area contributed by atoms with Crippen molar-refractivity contribution in [2.24, 2.45) is 10.4 Å². The van der Waals surface area contributed by atoms with Crippen LogP contribution < -0.4 is 5.32 Å². The van der Waals surface area contributed by atoms with Gasteiger partial charge < -0.3 is 15.2 Å². The van der Waals surface area contributed by atoms with Crippen molar-refractivity contribution in [1.82, 2.24) is 20.1 Å². The van der Waals surface area contributed by atoms with E-state index in [4.69, 9.17) is 21.3 Å². The van der Waals surface area contributed by atoms with Crippen LogP contribution in [0.4, 0.5) is 13.2 Å². The van der Waals surface area contributed by atoms with Crippen LogP contribution in [0.15, 0.2) is 46.0 Å². The number of amidine groups is 1. The first-order chi connectivity index (χ1) is 20.3. The first kappa shape index (κ1) is 31.4. The van der Waals surface area contributed by atoms with Gasteiger partial charge in [0.2, 0.25) is 0 Å². The molecule has 3 aliphatic heterocycles. The van der Waals surface area contributed by atoms with E-state index in [9.17, 15) is 19.1 Å². The molecule has 3 unspecified atom stereocenters. The summed E-state index contributed by atoms with van der Waals surface area (Å²) in [5, 5.41) is 15.0. The monoisotopic (exact) mass is 639 g/mol. The largest absolute Gasteiger partial charge is 0.481 e. The lowest BCUT2D eigenvalue weighted by Gasteiger charge is -2.31. The summed E-state index contributed by atoms with van der Waals surface area (Å²) >= 11 is 7.74. The molecule has 2 fully saturated rings. The fourth-order valence-corrected chi connectivity index (χ4v) is 6.83. The molecule has 43 heavy (non-hydrogen) atoms. The summed E-state index contributed by atoms with van der Waals surface area (Å²) in [5.41, 5.74) is -0.262. The molecule has 0 saturated carbocycles. The Hall–Kier alpha value is -3.00. The fourth-order valence-electron chi connectivity index (χ4n) is 5.97. The van der Waals surface area contributed by atoms with Crippen molar-refractivity contribution in [2.45, 2.75) is 57.7 Å². The highest BCUT2D eigenvalue weighted by Gasteiger charge is 2.59. The number of aliphatic imine (C=N–C) groups is 1. The summed E-state index contributed by atoms with van der Waals surface area (Å²) in [6.07, 6.45) is 2.28. The number of carbonyl (C=O) groups is 2. The number of alkyl halides is 2. The van der Waals surface area contributed by atoms with Crippen molar-refractivity contribution < 1.29 is 32.6 Å². The third-order valence-electron chi connectivity index (χ3n) is 8.26. The Bertz CT molecular complexity index is 1450. The molecule has 2 N–H and O–H groups in total. The lowest BCUT2D eigenvalue weighted by Crippen LogP contribution is -2.46. The van der Waals surface area contributed by atoms with Gasteiger partial charge >= 0.3 is 11.9 Å². The highest BCUT2D eigenvalue weighted by atomic mass is 35.5. The standard InChI is InChI=1S/C29H33ClF3N5O4S/c1-4-42-26(39)21-19(35-24(25-34-9-12-43-25)36-22(21)17-6-5-16(31)13-18(17)30)14-38-15-29(32,33)23-20(38)7-10-37(23)11-8-28(2,3)27(40)41/h5-6,9,12-13,20,22-23H,4,7-8,10-11,14-15H2,1-3H3,(H,35,36)(H,40,41). The number of fused-ring (bicyclic) bond motifs is 1. The van der Waals surface area contributed by atoms with Crippen molar-refractivity contribution >= 4 is 40.7 Å². The molecule has 5 rings (SSSR count). The van der Waals surface area contributed by atoms with Crippen LogP contribution in [-0.4, -0.2) is 88.5 Å². The van der Waals surface area contributed by atoms with E-state index in [0.717, 1.165) is 6.07 Å². The fraction of sp³-hybridized carbons (Fsp3) is 0.517. The smallest absolute Gasteiger partial charge is 0.338 e. The maximum absolute atomic E-state index is 15.6. The average molecular weight is 640 g/mol. The topological polar surface area (TPSA) is 107 Å². The summed E-state index contributed by atoms with van der Waals surface area (Å²) in [7, 11) is 0. The Balaban J connectivity index is 1.50. The second kappa shape index (κ2) is 12.2. The van der Waals surface area contributed by atoms with Gasteiger partial charge in [0.25, 0.3) is 5.92 Å². The maximum atomic E-state index is 15.6.